The van der Waals surface area contributed by atoms with Gasteiger partial charge in [-0.25, -0.2) is 4.98 Å². The lowest BCUT2D eigenvalue weighted by atomic mass is 10.3. The average molecular weight is 399 g/mol. The Morgan fingerprint density at radius 2 is 2.05 bits per heavy atom. The lowest BCUT2D eigenvalue weighted by Gasteiger charge is -2.07. The van der Waals surface area contributed by atoms with Crippen molar-refractivity contribution in [3.63, 3.8) is 0 Å². The molecule has 3 nitrogen and oxygen atoms in total. The summed E-state index contributed by atoms with van der Waals surface area (Å²) in [5.41, 5.74) is 3.85. The van der Waals surface area contributed by atoms with Crippen LogP contribution in [0.5, 0.6) is 0 Å². The number of rotatable bonds is 1. The number of hydrogen-bond donors (Lipinski definition) is 1. The van der Waals surface area contributed by atoms with Gasteiger partial charge in [0.2, 0.25) is 0 Å². The van der Waals surface area contributed by atoms with Gasteiger partial charge in [0, 0.05) is 15.1 Å². The van der Waals surface area contributed by atoms with Crippen LogP contribution in [0.1, 0.15) is 5.56 Å². The summed E-state index contributed by atoms with van der Waals surface area (Å²) < 4.78 is 4.54. The molecule has 3 aromatic rings. The van der Waals surface area contributed by atoms with Crippen molar-refractivity contribution in [1.29, 1.82) is 0 Å². The first kappa shape index (κ1) is 13.0. The van der Waals surface area contributed by atoms with Crippen LogP contribution in [0.3, 0.4) is 0 Å². The largest absolute Gasteiger partial charge is 0.329 e. The highest BCUT2D eigenvalue weighted by molar-refractivity contribution is 9.11. The van der Waals surface area contributed by atoms with Crippen molar-refractivity contribution in [2.45, 2.75) is 6.92 Å². The number of nitrogens with one attached hydrogen (secondary N) is 1. The van der Waals surface area contributed by atoms with Gasteiger partial charge in [0.05, 0.1) is 11.2 Å². The molecule has 0 saturated heterocycles. The highest BCUT2D eigenvalue weighted by atomic mass is 79.9. The van der Waals surface area contributed by atoms with Crippen LogP contribution >= 0.6 is 44.1 Å². The summed E-state index contributed by atoms with van der Waals surface area (Å²) >= 11 is 12.4. The van der Waals surface area contributed by atoms with Gasteiger partial charge in [-0.05, 0) is 64.9 Å². The number of fused-ring (bicyclic) bond motifs is 1. The zero-order chi connectivity index (χ0) is 13.6. The Kier molecular flexibility index (Phi) is 3.32. The maximum absolute atomic E-state index is 5.41. The van der Waals surface area contributed by atoms with Crippen molar-refractivity contribution in [2.75, 3.05) is 0 Å². The van der Waals surface area contributed by atoms with Gasteiger partial charge in [0.1, 0.15) is 0 Å². The Morgan fingerprint density at radius 1 is 1.26 bits per heavy atom. The normalized spacial score (nSPS) is 11.1. The van der Waals surface area contributed by atoms with E-state index in [4.69, 9.17) is 12.2 Å². The first-order chi connectivity index (χ1) is 9.06. The predicted molar refractivity (Wildman–Crippen MR) is 86.4 cm³/mol. The van der Waals surface area contributed by atoms with Crippen molar-refractivity contribution in [3.8, 4) is 5.69 Å². The van der Waals surface area contributed by atoms with E-state index in [1.807, 2.05) is 42.0 Å². The molecule has 2 aromatic heterocycles. The van der Waals surface area contributed by atoms with Crippen molar-refractivity contribution in [3.05, 3.63) is 49.7 Å². The maximum atomic E-state index is 5.41. The summed E-state index contributed by atoms with van der Waals surface area (Å²) in [5, 5.41) is 0. The Balaban J connectivity index is 2.36. The molecule has 0 fully saturated rings. The molecular formula is C13H9Br2N3S. The summed E-state index contributed by atoms with van der Waals surface area (Å²) in [4.78, 5) is 7.66. The minimum absolute atomic E-state index is 0.635. The number of aromatic nitrogens is 3. The number of nitrogens with zero attached hydrogens (tertiary/aromatic N) is 2. The number of benzene rings is 1. The fourth-order valence-corrected chi connectivity index (χ4v) is 3.50. The van der Waals surface area contributed by atoms with Gasteiger partial charge < -0.3 is 4.98 Å². The molecule has 0 atom stereocenters. The molecule has 0 unspecified atom stereocenters. The predicted octanol–water partition coefficient (Wildman–Crippen LogP) is 4.92. The molecule has 6 heteroatoms. The van der Waals surface area contributed by atoms with Crippen LogP contribution in [-0.4, -0.2) is 14.5 Å². The molecule has 2 heterocycles. The molecule has 0 aliphatic rings. The minimum atomic E-state index is 0.635. The van der Waals surface area contributed by atoms with E-state index in [2.05, 4.69) is 41.8 Å². The summed E-state index contributed by atoms with van der Waals surface area (Å²) in [7, 11) is 0. The van der Waals surface area contributed by atoms with Gasteiger partial charge in [0.25, 0.3) is 0 Å². The van der Waals surface area contributed by atoms with Crippen LogP contribution < -0.4 is 0 Å². The van der Waals surface area contributed by atoms with Crippen molar-refractivity contribution in [2.24, 2.45) is 0 Å². The number of pyridine rings is 1. The number of aryl methyl sites for hydroxylation is 1. The molecule has 0 aliphatic carbocycles. The molecule has 1 N–H and O–H groups in total. The molecule has 0 aliphatic heterocycles. The summed E-state index contributed by atoms with van der Waals surface area (Å²) in [6.07, 6.45) is 1.84. The molecule has 0 spiro atoms. The number of halogens is 2. The molecule has 0 radical (unpaired) electrons. The van der Waals surface area contributed by atoms with E-state index in [-0.39, 0.29) is 0 Å². The Labute approximate surface area is 131 Å². The molecular weight excluding hydrogens is 390 g/mol. The third-order valence-corrected chi connectivity index (χ3v) is 4.22. The van der Waals surface area contributed by atoms with Gasteiger partial charge in [-0.2, -0.15) is 0 Å². The molecule has 19 heavy (non-hydrogen) atoms. The fraction of sp³-hybridized carbons (Fsp3) is 0.0769. The highest BCUT2D eigenvalue weighted by Gasteiger charge is 2.10. The maximum Gasteiger partial charge on any atom is 0.184 e. The quantitative estimate of drug-likeness (QED) is 0.590. The van der Waals surface area contributed by atoms with E-state index in [9.17, 15) is 0 Å². The second-order valence-corrected chi connectivity index (χ2v) is 6.40. The van der Waals surface area contributed by atoms with Crippen LogP contribution in [0.25, 0.3) is 16.9 Å². The van der Waals surface area contributed by atoms with Gasteiger partial charge >= 0.3 is 0 Å². The van der Waals surface area contributed by atoms with Crippen molar-refractivity contribution >= 4 is 55.2 Å². The monoisotopic (exact) mass is 397 g/mol. The van der Waals surface area contributed by atoms with Crippen molar-refractivity contribution in [1.82, 2.24) is 14.5 Å². The lowest BCUT2D eigenvalue weighted by Crippen LogP contribution is -1.96. The molecule has 0 bridgehead atoms. The smallest absolute Gasteiger partial charge is 0.184 e. The molecule has 1 aromatic carbocycles. The van der Waals surface area contributed by atoms with Crippen LogP contribution in [0.4, 0.5) is 0 Å². The van der Waals surface area contributed by atoms with Crippen LogP contribution in [0, 0.1) is 11.7 Å². The van der Waals surface area contributed by atoms with E-state index in [0.29, 0.717) is 4.77 Å². The Morgan fingerprint density at radius 3 is 2.79 bits per heavy atom. The minimum Gasteiger partial charge on any atom is -0.329 e. The molecule has 0 amide bonds. The van der Waals surface area contributed by atoms with E-state index in [1.54, 1.807) is 0 Å². The standard InChI is InChI=1S/C13H9Br2N3S/c1-7-4-10-12(16-6-7)18(13(19)17-10)11-3-2-8(14)5-9(11)15/h2-6H,1H3,(H,17,19). The van der Waals surface area contributed by atoms with Crippen LogP contribution in [-0.2, 0) is 0 Å². The zero-order valence-corrected chi connectivity index (χ0v) is 13.9. The number of H-pyrrole nitrogens is 1. The second-order valence-electron chi connectivity index (χ2n) is 4.25. The van der Waals surface area contributed by atoms with E-state index in [1.165, 1.54) is 0 Å². The molecule has 3 rings (SSSR count). The fourth-order valence-electron chi connectivity index (χ4n) is 1.99. The first-order valence-electron chi connectivity index (χ1n) is 5.59. The number of imidazole rings is 1. The van der Waals surface area contributed by atoms with Gasteiger partial charge in [-0.1, -0.05) is 15.9 Å². The molecule has 96 valence electrons. The number of aromatic amines is 1. The second kappa shape index (κ2) is 4.85. The third kappa shape index (κ3) is 2.28. The zero-order valence-electron chi connectivity index (χ0n) is 9.95. The van der Waals surface area contributed by atoms with Crippen molar-refractivity contribution < 1.29 is 0 Å². The summed E-state index contributed by atoms with van der Waals surface area (Å²) in [5.74, 6) is 0. The Hall–Kier alpha value is -0.980. The summed E-state index contributed by atoms with van der Waals surface area (Å²) in [6.45, 7) is 2.01. The first-order valence-corrected chi connectivity index (χ1v) is 7.58. The number of hydrogen-bond acceptors (Lipinski definition) is 2. The summed E-state index contributed by atoms with van der Waals surface area (Å²) in [6, 6.07) is 8.01. The Bertz CT molecular complexity index is 836. The highest BCUT2D eigenvalue weighted by Crippen LogP contribution is 2.28. The third-order valence-electron chi connectivity index (χ3n) is 2.81. The topological polar surface area (TPSA) is 33.6 Å². The van der Waals surface area contributed by atoms with E-state index in [0.717, 1.165) is 31.4 Å². The van der Waals surface area contributed by atoms with E-state index < -0.39 is 0 Å². The van der Waals surface area contributed by atoms with Crippen LogP contribution in [0.2, 0.25) is 0 Å². The van der Waals surface area contributed by atoms with Crippen LogP contribution in [0.15, 0.2) is 39.4 Å². The van der Waals surface area contributed by atoms with E-state index >= 15 is 0 Å². The lowest BCUT2D eigenvalue weighted by molar-refractivity contribution is 1.03. The van der Waals surface area contributed by atoms with Gasteiger partial charge in [-0.15, -0.1) is 0 Å². The van der Waals surface area contributed by atoms with Gasteiger partial charge in [0.15, 0.2) is 10.4 Å². The molecule has 0 saturated carbocycles. The average Bonchev–Trinajstić information content (AvgIpc) is 2.65. The van der Waals surface area contributed by atoms with Gasteiger partial charge in [-0.3, -0.25) is 4.57 Å². The SMILES string of the molecule is Cc1cnc2c(c1)[nH]c(=S)n2-c1ccc(Br)cc1Br.